The fourth-order valence-corrected chi connectivity index (χ4v) is 3.10. The van der Waals surface area contributed by atoms with E-state index in [1.807, 2.05) is 18.2 Å². The Morgan fingerprint density at radius 2 is 2.04 bits per heavy atom. The number of para-hydroxylation sites is 1. The van der Waals surface area contributed by atoms with Gasteiger partial charge in [0.25, 0.3) is 0 Å². The van der Waals surface area contributed by atoms with Gasteiger partial charge in [-0.05, 0) is 24.8 Å². The Morgan fingerprint density at radius 3 is 2.63 bits per heavy atom. The molecule has 1 aromatic carbocycles. The molecule has 27 heavy (non-hydrogen) atoms. The highest BCUT2D eigenvalue weighted by atomic mass is 127. The molecule has 7 heteroatoms. The Kier molecular flexibility index (Phi) is 7.52. The maximum atomic E-state index is 5.54. The summed E-state index contributed by atoms with van der Waals surface area (Å²) in [5.74, 6) is 2.88. The minimum absolute atomic E-state index is 0. The lowest BCUT2D eigenvalue weighted by atomic mass is 9.95. The quantitative estimate of drug-likeness (QED) is 0.355. The number of methoxy groups -OCH3 is 1. The van der Waals surface area contributed by atoms with Crippen LogP contribution in [0, 0.1) is 0 Å². The van der Waals surface area contributed by atoms with Gasteiger partial charge in [0.1, 0.15) is 5.75 Å². The van der Waals surface area contributed by atoms with Gasteiger partial charge in [0, 0.05) is 30.6 Å². The standard InChI is InChI=1S/C20H28N4O2.HI/c1-14(2)17-11-15(26-24-17)12-22-19(21-3)23-13-20(9-10-20)16-7-5-6-8-18(16)25-4;/h5-8,11,14H,9-10,12-13H2,1-4H3,(H2,21,22,23);1H. The second-order valence-electron chi connectivity index (χ2n) is 7.13. The van der Waals surface area contributed by atoms with Crippen LogP contribution < -0.4 is 15.4 Å². The molecule has 0 saturated heterocycles. The number of hydrogen-bond donors (Lipinski definition) is 2. The molecular formula is C20H29IN4O2. The van der Waals surface area contributed by atoms with Crippen LogP contribution in [0.2, 0.25) is 0 Å². The second kappa shape index (κ2) is 9.43. The van der Waals surface area contributed by atoms with Crippen molar-refractivity contribution in [2.24, 2.45) is 4.99 Å². The van der Waals surface area contributed by atoms with E-state index < -0.39 is 0 Å². The summed E-state index contributed by atoms with van der Waals surface area (Å²) in [6, 6.07) is 10.3. The van der Waals surface area contributed by atoms with Gasteiger partial charge in [-0.25, -0.2) is 0 Å². The lowest BCUT2D eigenvalue weighted by molar-refractivity contribution is 0.372. The van der Waals surface area contributed by atoms with Gasteiger partial charge in [-0.3, -0.25) is 4.99 Å². The zero-order valence-corrected chi connectivity index (χ0v) is 18.7. The molecule has 1 fully saturated rings. The monoisotopic (exact) mass is 484 g/mol. The van der Waals surface area contributed by atoms with Crippen LogP contribution in [0.3, 0.4) is 0 Å². The van der Waals surface area contributed by atoms with Crippen molar-refractivity contribution in [2.45, 2.75) is 44.6 Å². The predicted octanol–water partition coefficient (Wildman–Crippen LogP) is 3.82. The molecule has 1 saturated carbocycles. The zero-order valence-electron chi connectivity index (χ0n) is 16.4. The number of guanidine groups is 1. The van der Waals surface area contributed by atoms with Crippen molar-refractivity contribution in [3.05, 3.63) is 47.3 Å². The fourth-order valence-electron chi connectivity index (χ4n) is 3.10. The summed E-state index contributed by atoms with van der Waals surface area (Å²) in [7, 11) is 3.50. The van der Waals surface area contributed by atoms with Crippen molar-refractivity contribution in [1.82, 2.24) is 15.8 Å². The molecule has 0 spiro atoms. The number of aromatic nitrogens is 1. The molecule has 0 unspecified atom stereocenters. The first kappa shape index (κ1) is 21.5. The molecule has 1 heterocycles. The summed E-state index contributed by atoms with van der Waals surface area (Å²) < 4.78 is 10.9. The summed E-state index contributed by atoms with van der Waals surface area (Å²) >= 11 is 0. The van der Waals surface area contributed by atoms with E-state index in [9.17, 15) is 0 Å². The first-order valence-corrected chi connectivity index (χ1v) is 9.11. The molecule has 148 valence electrons. The molecule has 2 aromatic rings. The van der Waals surface area contributed by atoms with Crippen molar-refractivity contribution >= 4 is 29.9 Å². The molecule has 1 aromatic heterocycles. The van der Waals surface area contributed by atoms with Crippen LogP contribution in [0.4, 0.5) is 0 Å². The number of ether oxygens (including phenoxy) is 1. The Hall–Kier alpha value is -1.77. The smallest absolute Gasteiger partial charge is 0.191 e. The number of aliphatic imine (C=N–C) groups is 1. The Labute approximate surface area is 178 Å². The van der Waals surface area contributed by atoms with Gasteiger partial charge in [0.2, 0.25) is 0 Å². The second-order valence-corrected chi connectivity index (χ2v) is 7.13. The predicted molar refractivity (Wildman–Crippen MR) is 118 cm³/mol. The molecular weight excluding hydrogens is 455 g/mol. The van der Waals surface area contributed by atoms with Gasteiger partial charge in [-0.1, -0.05) is 37.2 Å². The SMILES string of the molecule is CN=C(NCc1cc(C(C)C)no1)NCC1(c2ccccc2OC)CC1.I. The van der Waals surface area contributed by atoms with Crippen molar-refractivity contribution < 1.29 is 9.26 Å². The van der Waals surface area contributed by atoms with E-state index in [-0.39, 0.29) is 29.4 Å². The minimum Gasteiger partial charge on any atom is -0.496 e. The Balaban J connectivity index is 0.00000261. The first-order chi connectivity index (χ1) is 12.6. The van der Waals surface area contributed by atoms with Gasteiger partial charge in [-0.2, -0.15) is 0 Å². The van der Waals surface area contributed by atoms with Gasteiger partial charge in [0.15, 0.2) is 11.7 Å². The van der Waals surface area contributed by atoms with Crippen molar-refractivity contribution in [1.29, 1.82) is 0 Å². The number of rotatable bonds is 7. The van der Waals surface area contributed by atoms with Crippen LogP contribution in [0.5, 0.6) is 5.75 Å². The summed E-state index contributed by atoms with van der Waals surface area (Å²) in [6.07, 6.45) is 2.30. The van der Waals surface area contributed by atoms with E-state index in [1.54, 1.807) is 14.2 Å². The van der Waals surface area contributed by atoms with E-state index in [2.05, 4.69) is 46.8 Å². The van der Waals surface area contributed by atoms with E-state index in [0.29, 0.717) is 12.5 Å². The minimum atomic E-state index is 0. The summed E-state index contributed by atoms with van der Waals surface area (Å²) in [6.45, 7) is 5.58. The topological polar surface area (TPSA) is 71.7 Å². The van der Waals surface area contributed by atoms with E-state index >= 15 is 0 Å². The number of nitrogens with zero attached hydrogens (tertiary/aromatic N) is 2. The molecule has 3 rings (SSSR count). The molecule has 1 aliphatic carbocycles. The van der Waals surface area contributed by atoms with Crippen LogP contribution in [0.15, 0.2) is 39.8 Å². The lowest BCUT2D eigenvalue weighted by Gasteiger charge is -2.20. The zero-order chi connectivity index (χ0) is 18.6. The normalized spacial score (nSPS) is 15.2. The molecule has 0 atom stereocenters. The number of benzene rings is 1. The van der Waals surface area contributed by atoms with Crippen LogP contribution in [0.1, 0.15) is 49.6 Å². The van der Waals surface area contributed by atoms with Crippen LogP contribution in [0.25, 0.3) is 0 Å². The van der Waals surface area contributed by atoms with Crippen LogP contribution in [-0.2, 0) is 12.0 Å². The molecule has 0 amide bonds. The summed E-state index contributed by atoms with van der Waals surface area (Å²) in [5, 5.41) is 10.8. The third kappa shape index (κ3) is 5.15. The Morgan fingerprint density at radius 1 is 1.30 bits per heavy atom. The van der Waals surface area contributed by atoms with E-state index in [1.165, 1.54) is 5.56 Å². The third-order valence-corrected chi connectivity index (χ3v) is 4.95. The highest BCUT2D eigenvalue weighted by molar-refractivity contribution is 14.0. The number of nitrogens with one attached hydrogen (secondary N) is 2. The molecule has 2 N–H and O–H groups in total. The average molecular weight is 484 g/mol. The first-order valence-electron chi connectivity index (χ1n) is 9.11. The van der Waals surface area contributed by atoms with Crippen LogP contribution in [-0.4, -0.2) is 31.8 Å². The summed E-state index contributed by atoms with van der Waals surface area (Å²) in [5.41, 5.74) is 2.36. The van der Waals surface area contributed by atoms with Gasteiger partial charge < -0.3 is 19.9 Å². The van der Waals surface area contributed by atoms with E-state index in [4.69, 9.17) is 9.26 Å². The lowest BCUT2D eigenvalue weighted by Crippen LogP contribution is -2.40. The Bertz CT molecular complexity index is 769. The van der Waals surface area contributed by atoms with Gasteiger partial charge in [0.05, 0.1) is 19.3 Å². The van der Waals surface area contributed by atoms with Crippen molar-refractivity contribution in [3.63, 3.8) is 0 Å². The highest BCUT2D eigenvalue weighted by Gasteiger charge is 2.46. The molecule has 0 radical (unpaired) electrons. The summed E-state index contributed by atoms with van der Waals surface area (Å²) in [4.78, 5) is 4.31. The molecule has 0 bridgehead atoms. The number of hydrogen-bond acceptors (Lipinski definition) is 4. The highest BCUT2D eigenvalue weighted by Crippen LogP contribution is 2.50. The fraction of sp³-hybridized carbons (Fsp3) is 0.500. The molecule has 1 aliphatic rings. The maximum Gasteiger partial charge on any atom is 0.191 e. The van der Waals surface area contributed by atoms with E-state index in [0.717, 1.165) is 42.5 Å². The van der Waals surface area contributed by atoms with Crippen LogP contribution >= 0.6 is 24.0 Å². The number of halogens is 1. The van der Waals surface area contributed by atoms with Gasteiger partial charge in [-0.15, -0.1) is 24.0 Å². The maximum absolute atomic E-state index is 5.54. The molecule has 0 aliphatic heterocycles. The van der Waals surface area contributed by atoms with Crippen molar-refractivity contribution in [2.75, 3.05) is 20.7 Å². The third-order valence-electron chi connectivity index (χ3n) is 4.95. The van der Waals surface area contributed by atoms with Gasteiger partial charge >= 0.3 is 0 Å². The average Bonchev–Trinajstić information content (AvgIpc) is 3.29. The largest absolute Gasteiger partial charge is 0.496 e. The van der Waals surface area contributed by atoms with Crippen molar-refractivity contribution in [3.8, 4) is 5.75 Å². The molecule has 6 nitrogen and oxygen atoms in total.